The van der Waals surface area contributed by atoms with E-state index in [1.54, 1.807) is 19.1 Å². The molecule has 0 aliphatic carbocycles. The minimum absolute atomic E-state index is 0.199. The molecular weight excluding hydrogens is 310 g/mol. The Bertz CT molecular complexity index is 913. The van der Waals surface area contributed by atoms with E-state index >= 15 is 0 Å². The number of hydrogen-bond donors (Lipinski definition) is 1. The lowest BCUT2D eigenvalue weighted by atomic mass is 9.94. The van der Waals surface area contributed by atoms with Gasteiger partial charge in [0, 0.05) is 0 Å². The standard InChI is InChI=1S/C17H15N3O4/c1-2-23-16(22)13-14(12-8-5-9-24-12)20-11-7-4-3-6-10(11)18-17(20)19-15(13)21/h3-9,13-14H,2H2,1H3,(H,18,19,21)/t13-,14+/m1/s1. The van der Waals surface area contributed by atoms with Gasteiger partial charge in [-0.25, -0.2) is 4.98 Å². The maximum atomic E-state index is 12.5. The van der Waals surface area contributed by atoms with E-state index in [4.69, 9.17) is 9.15 Å². The first-order chi connectivity index (χ1) is 11.7. The average Bonchev–Trinajstić information content (AvgIpc) is 3.21. The highest BCUT2D eigenvalue weighted by Crippen LogP contribution is 2.38. The van der Waals surface area contributed by atoms with Crippen LogP contribution in [0.2, 0.25) is 0 Å². The zero-order chi connectivity index (χ0) is 16.7. The van der Waals surface area contributed by atoms with Gasteiger partial charge in [0.2, 0.25) is 11.9 Å². The topological polar surface area (TPSA) is 86.4 Å². The molecule has 2 aromatic heterocycles. The van der Waals surface area contributed by atoms with Gasteiger partial charge in [0.25, 0.3) is 0 Å². The monoisotopic (exact) mass is 325 g/mol. The van der Waals surface area contributed by atoms with Crippen LogP contribution in [-0.2, 0) is 14.3 Å². The molecule has 0 radical (unpaired) electrons. The molecule has 2 atom stereocenters. The Morgan fingerprint density at radius 2 is 2.17 bits per heavy atom. The van der Waals surface area contributed by atoms with Crippen LogP contribution in [0.5, 0.6) is 0 Å². The number of carbonyl (C=O) groups excluding carboxylic acids is 2. The van der Waals surface area contributed by atoms with Gasteiger partial charge in [-0.05, 0) is 31.2 Å². The van der Waals surface area contributed by atoms with E-state index in [-0.39, 0.29) is 6.61 Å². The van der Waals surface area contributed by atoms with E-state index < -0.39 is 23.8 Å². The van der Waals surface area contributed by atoms with E-state index in [1.165, 1.54) is 6.26 Å². The number of para-hydroxylation sites is 2. The van der Waals surface area contributed by atoms with E-state index in [2.05, 4.69) is 10.3 Å². The normalized spacial score (nSPS) is 19.8. The van der Waals surface area contributed by atoms with Crippen LogP contribution in [0.25, 0.3) is 11.0 Å². The Morgan fingerprint density at radius 3 is 2.92 bits per heavy atom. The fraction of sp³-hybridized carbons (Fsp3) is 0.235. The lowest BCUT2D eigenvalue weighted by Crippen LogP contribution is -2.43. The highest BCUT2D eigenvalue weighted by Gasteiger charge is 2.45. The Balaban J connectivity index is 1.95. The van der Waals surface area contributed by atoms with Crippen molar-refractivity contribution < 1.29 is 18.7 Å². The molecule has 24 heavy (non-hydrogen) atoms. The number of imidazole rings is 1. The molecule has 1 N–H and O–H groups in total. The summed E-state index contributed by atoms with van der Waals surface area (Å²) in [6, 6.07) is 10.3. The summed E-state index contributed by atoms with van der Waals surface area (Å²) in [5.41, 5.74) is 1.54. The van der Waals surface area contributed by atoms with Crippen molar-refractivity contribution >= 4 is 28.9 Å². The van der Waals surface area contributed by atoms with Crippen LogP contribution in [0.1, 0.15) is 18.7 Å². The fourth-order valence-electron chi connectivity index (χ4n) is 3.11. The Labute approximate surface area is 137 Å². The molecule has 1 aliphatic heterocycles. The van der Waals surface area contributed by atoms with E-state index in [9.17, 15) is 9.59 Å². The third-order valence-corrected chi connectivity index (χ3v) is 4.08. The number of ether oxygens (including phenoxy) is 1. The van der Waals surface area contributed by atoms with Crippen molar-refractivity contribution in [2.24, 2.45) is 5.92 Å². The van der Waals surface area contributed by atoms with E-state index in [0.717, 1.165) is 11.0 Å². The summed E-state index contributed by atoms with van der Waals surface area (Å²) in [6.45, 7) is 1.91. The highest BCUT2D eigenvalue weighted by atomic mass is 16.5. The van der Waals surface area contributed by atoms with Gasteiger partial charge in [0.05, 0.1) is 23.9 Å². The average molecular weight is 325 g/mol. The number of carbonyl (C=O) groups is 2. The first-order valence-electron chi connectivity index (χ1n) is 7.68. The van der Waals surface area contributed by atoms with Crippen LogP contribution < -0.4 is 5.32 Å². The Hall–Kier alpha value is -3.09. The van der Waals surface area contributed by atoms with Crippen molar-refractivity contribution in [2.75, 3.05) is 11.9 Å². The van der Waals surface area contributed by atoms with Crippen LogP contribution in [0.4, 0.5) is 5.95 Å². The number of anilines is 1. The third-order valence-electron chi connectivity index (χ3n) is 4.08. The summed E-state index contributed by atoms with van der Waals surface area (Å²) in [5.74, 6) is -1.17. The van der Waals surface area contributed by atoms with Crippen molar-refractivity contribution in [1.29, 1.82) is 0 Å². The molecule has 7 heteroatoms. The third kappa shape index (κ3) is 2.09. The predicted octanol–water partition coefficient (Wildman–Crippen LogP) is 2.35. The van der Waals surface area contributed by atoms with Crippen molar-refractivity contribution in [3.8, 4) is 0 Å². The molecule has 0 saturated heterocycles. The molecule has 0 fully saturated rings. The molecule has 0 unspecified atom stereocenters. The second kappa shape index (κ2) is 5.52. The molecule has 4 rings (SSSR count). The lowest BCUT2D eigenvalue weighted by molar-refractivity contribution is -0.152. The summed E-state index contributed by atoms with van der Waals surface area (Å²) in [7, 11) is 0. The van der Waals surface area contributed by atoms with Crippen LogP contribution >= 0.6 is 0 Å². The van der Waals surface area contributed by atoms with Gasteiger partial charge in [-0.2, -0.15) is 0 Å². The Kier molecular flexibility index (Phi) is 3.34. The molecule has 1 amide bonds. The van der Waals surface area contributed by atoms with Gasteiger partial charge in [-0.3, -0.25) is 19.5 Å². The number of esters is 1. The Morgan fingerprint density at radius 1 is 1.33 bits per heavy atom. The fourth-order valence-corrected chi connectivity index (χ4v) is 3.11. The van der Waals surface area contributed by atoms with Gasteiger partial charge in [-0.1, -0.05) is 12.1 Å². The molecule has 122 valence electrons. The number of benzene rings is 1. The molecule has 0 saturated carbocycles. The maximum absolute atomic E-state index is 12.5. The maximum Gasteiger partial charge on any atom is 0.321 e. The first-order valence-corrected chi connectivity index (χ1v) is 7.68. The molecule has 1 aliphatic rings. The quantitative estimate of drug-likeness (QED) is 0.590. The van der Waals surface area contributed by atoms with Crippen molar-refractivity contribution in [3.63, 3.8) is 0 Å². The molecule has 1 aromatic carbocycles. The van der Waals surface area contributed by atoms with Gasteiger partial charge < -0.3 is 9.15 Å². The summed E-state index contributed by atoms with van der Waals surface area (Å²) in [5, 5.41) is 2.70. The van der Waals surface area contributed by atoms with Crippen molar-refractivity contribution in [1.82, 2.24) is 9.55 Å². The molecule has 3 aromatic rings. The van der Waals surface area contributed by atoms with Gasteiger partial charge >= 0.3 is 5.97 Å². The van der Waals surface area contributed by atoms with Crippen LogP contribution in [0, 0.1) is 5.92 Å². The zero-order valence-electron chi connectivity index (χ0n) is 12.9. The van der Waals surface area contributed by atoms with Gasteiger partial charge in [-0.15, -0.1) is 0 Å². The summed E-state index contributed by atoms with van der Waals surface area (Å²) in [4.78, 5) is 29.4. The minimum Gasteiger partial charge on any atom is -0.467 e. The van der Waals surface area contributed by atoms with E-state index in [0.29, 0.717) is 11.7 Å². The number of nitrogens with zero attached hydrogens (tertiary/aromatic N) is 2. The van der Waals surface area contributed by atoms with Gasteiger partial charge in [0.15, 0.2) is 5.92 Å². The molecule has 3 heterocycles. The van der Waals surface area contributed by atoms with Crippen molar-refractivity contribution in [2.45, 2.75) is 13.0 Å². The second-order valence-corrected chi connectivity index (χ2v) is 5.47. The number of amides is 1. The van der Waals surface area contributed by atoms with Gasteiger partial charge in [0.1, 0.15) is 11.8 Å². The van der Waals surface area contributed by atoms with Crippen LogP contribution in [-0.4, -0.2) is 28.0 Å². The summed E-state index contributed by atoms with van der Waals surface area (Å²) in [6.07, 6.45) is 1.52. The summed E-state index contributed by atoms with van der Waals surface area (Å²) < 4.78 is 12.4. The van der Waals surface area contributed by atoms with E-state index in [1.807, 2.05) is 28.8 Å². The summed E-state index contributed by atoms with van der Waals surface area (Å²) >= 11 is 0. The second-order valence-electron chi connectivity index (χ2n) is 5.47. The molecule has 7 nitrogen and oxygen atoms in total. The predicted molar refractivity (Wildman–Crippen MR) is 85.3 cm³/mol. The highest BCUT2D eigenvalue weighted by molar-refractivity contribution is 6.07. The largest absolute Gasteiger partial charge is 0.467 e. The zero-order valence-corrected chi connectivity index (χ0v) is 12.9. The number of furan rings is 1. The number of hydrogen-bond acceptors (Lipinski definition) is 5. The van der Waals surface area contributed by atoms with Crippen LogP contribution in [0.15, 0.2) is 47.1 Å². The number of nitrogens with one attached hydrogen (secondary N) is 1. The molecule has 0 bridgehead atoms. The lowest BCUT2D eigenvalue weighted by Gasteiger charge is -2.30. The SMILES string of the molecule is CCOC(=O)[C@H]1C(=O)Nc2nc3ccccc3n2[C@H]1c1ccco1. The van der Waals surface area contributed by atoms with Crippen LogP contribution in [0.3, 0.4) is 0 Å². The minimum atomic E-state index is -1.04. The smallest absolute Gasteiger partial charge is 0.321 e. The number of aromatic nitrogens is 2. The van der Waals surface area contributed by atoms with Crippen molar-refractivity contribution in [3.05, 3.63) is 48.4 Å². The number of fused-ring (bicyclic) bond motifs is 3. The molecule has 0 spiro atoms. The molecular formula is C17H15N3O4. The first kappa shape index (κ1) is 14.5. The number of rotatable bonds is 3.